The second-order valence-corrected chi connectivity index (χ2v) is 7.18. The third-order valence-corrected chi connectivity index (χ3v) is 5.19. The second kappa shape index (κ2) is 7.81. The zero-order valence-corrected chi connectivity index (χ0v) is 14.5. The van der Waals surface area contributed by atoms with E-state index in [1.807, 2.05) is 18.1 Å². The Kier molecular flexibility index (Phi) is 5.53. The number of aromatic nitrogens is 2. The molecular weight excluding hydrogens is 304 g/mol. The average molecular weight is 332 g/mol. The van der Waals surface area contributed by atoms with Gasteiger partial charge in [-0.25, -0.2) is 0 Å². The third kappa shape index (κ3) is 4.36. The molecule has 1 saturated heterocycles. The summed E-state index contributed by atoms with van der Waals surface area (Å²) >= 11 is 0. The minimum Gasteiger partial charge on any atom is -0.351 e. The van der Waals surface area contributed by atoms with E-state index in [9.17, 15) is 9.59 Å². The molecular formula is C18H28N4O2. The number of hydrogen-bond acceptors (Lipinski definition) is 3. The lowest BCUT2D eigenvalue weighted by Gasteiger charge is -2.27. The lowest BCUT2D eigenvalue weighted by Crippen LogP contribution is -2.40. The molecule has 132 valence electrons. The average Bonchev–Trinajstić information content (AvgIpc) is 3.01. The summed E-state index contributed by atoms with van der Waals surface area (Å²) in [5.74, 6) is 0.235. The fourth-order valence-electron chi connectivity index (χ4n) is 3.91. The van der Waals surface area contributed by atoms with Gasteiger partial charge < -0.3 is 10.2 Å². The molecule has 0 bridgehead atoms. The largest absolute Gasteiger partial charge is 0.351 e. The maximum atomic E-state index is 12.3. The zero-order chi connectivity index (χ0) is 16.9. The summed E-state index contributed by atoms with van der Waals surface area (Å²) in [4.78, 5) is 26.5. The number of nitrogens with one attached hydrogen (secondary N) is 1. The molecule has 1 aromatic rings. The highest BCUT2D eigenvalue weighted by Gasteiger charge is 2.34. The highest BCUT2D eigenvalue weighted by Crippen LogP contribution is 2.25. The van der Waals surface area contributed by atoms with Crippen LogP contribution in [0.25, 0.3) is 0 Å². The van der Waals surface area contributed by atoms with Crippen molar-refractivity contribution in [1.29, 1.82) is 0 Å². The molecule has 6 heteroatoms. The maximum absolute atomic E-state index is 12.3. The van der Waals surface area contributed by atoms with Crippen LogP contribution in [0.2, 0.25) is 0 Å². The quantitative estimate of drug-likeness (QED) is 0.836. The number of likely N-dealkylation sites (tertiary alicyclic amines) is 1. The van der Waals surface area contributed by atoms with E-state index in [1.54, 1.807) is 10.9 Å². The SMILES string of the molecule is Cn1cc(CCC(=O)NC2CC(=O)N(C3CCCCCC3)C2)cn1. The Morgan fingerprint density at radius 1 is 1.29 bits per heavy atom. The van der Waals surface area contributed by atoms with E-state index in [-0.39, 0.29) is 17.9 Å². The van der Waals surface area contributed by atoms with Gasteiger partial charge in [-0.15, -0.1) is 0 Å². The van der Waals surface area contributed by atoms with Crippen molar-refractivity contribution in [3.63, 3.8) is 0 Å². The second-order valence-electron chi connectivity index (χ2n) is 7.18. The Morgan fingerprint density at radius 3 is 2.71 bits per heavy atom. The molecule has 2 fully saturated rings. The van der Waals surface area contributed by atoms with Crippen LogP contribution in [0.4, 0.5) is 0 Å². The van der Waals surface area contributed by atoms with Gasteiger partial charge in [0.1, 0.15) is 0 Å². The smallest absolute Gasteiger partial charge is 0.225 e. The van der Waals surface area contributed by atoms with Crippen molar-refractivity contribution in [1.82, 2.24) is 20.0 Å². The van der Waals surface area contributed by atoms with Gasteiger partial charge in [-0.05, 0) is 24.8 Å². The van der Waals surface area contributed by atoms with E-state index in [4.69, 9.17) is 0 Å². The van der Waals surface area contributed by atoms with E-state index >= 15 is 0 Å². The first-order valence-corrected chi connectivity index (χ1v) is 9.18. The van der Waals surface area contributed by atoms with E-state index in [0.29, 0.717) is 31.8 Å². The first kappa shape index (κ1) is 17.0. The topological polar surface area (TPSA) is 67.2 Å². The molecule has 1 unspecified atom stereocenters. The predicted octanol–water partition coefficient (Wildman–Crippen LogP) is 1.79. The molecule has 0 aromatic carbocycles. The first-order chi connectivity index (χ1) is 11.6. The number of hydrogen-bond donors (Lipinski definition) is 1. The molecule has 1 saturated carbocycles. The van der Waals surface area contributed by atoms with Crippen molar-refractivity contribution in [2.75, 3.05) is 6.54 Å². The van der Waals surface area contributed by atoms with Crippen molar-refractivity contribution in [3.8, 4) is 0 Å². The number of carbonyl (C=O) groups is 2. The van der Waals surface area contributed by atoms with Crippen molar-refractivity contribution in [2.24, 2.45) is 7.05 Å². The van der Waals surface area contributed by atoms with Gasteiger partial charge >= 0.3 is 0 Å². The van der Waals surface area contributed by atoms with Gasteiger partial charge in [-0.1, -0.05) is 25.7 Å². The van der Waals surface area contributed by atoms with Crippen LogP contribution in [0.3, 0.4) is 0 Å². The molecule has 0 radical (unpaired) electrons. The molecule has 1 aliphatic carbocycles. The lowest BCUT2D eigenvalue weighted by atomic mass is 10.1. The summed E-state index contributed by atoms with van der Waals surface area (Å²) in [6.45, 7) is 0.683. The van der Waals surface area contributed by atoms with Crippen LogP contribution in [0.1, 0.15) is 56.9 Å². The van der Waals surface area contributed by atoms with Gasteiger partial charge in [0.25, 0.3) is 0 Å². The zero-order valence-electron chi connectivity index (χ0n) is 14.5. The molecule has 1 aromatic heterocycles. The number of carbonyl (C=O) groups excluding carboxylic acids is 2. The van der Waals surface area contributed by atoms with Crippen LogP contribution in [0.15, 0.2) is 12.4 Å². The van der Waals surface area contributed by atoms with Crippen LogP contribution in [-0.2, 0) is 23.1 Å². The van der Waals surface area contributed by atoms with E-state index in [0.717, 1.165) is 18.4 Å². The molecule has 0 spiro atoms. The molecule has 6 nitrogen and oxygen atoms in total. The Labute approximate surface area is 143 Å². The van der Waals surface area contributed by atoms with Crippen LogP contribution < -0.4 is 5.32 Å². The molecule has 2 aliphatic rings. The minimum absolute atomic E-state index is 0.0258. The fraction of sp³-hybridized carbons (Fsp3) is 0.722. The molecule has 1 N–H and O–H groups in total. The first-order valence-electron chi connectivity index (χ1n) is 9.18. The molecule has 2 heterocycles. The Morgan fingerprint density at radius 2 is 2.04 bits per heavy atom. The molecule has 1 atom stereocenters. The Balaban J connectivity index is 1.45. The van der Waals surface area contributed by atoms with Crippen molar-refractivity contribution < 1.29 is 9.59 Å². The van der Waals surface area contributed by atoms with Gasteiger partial charge in [0.05, 0.1) is 12.2 Å². The normalized spacial score (nSPS) is 22.6. The number of rotatable bonds is 5. The molecule has 2 amide bonds. The van der Waals surface area contributed by atoms with Crippen LogP contribution in [0.5, 0.6) is 0 Å². The fourth-order valence-corrected chi connectivity index (χ4v) is 3.91. The van der Waals surface area contributed by atoms with Crippen LogP contribution in [0, 0.1) is 0 Å². The van der Waals surface area contributed by atoms with Gasteiger partial charge in [-0.2, -0.15) is 5.10 Å². The summed E-state index contributed by atoms with van der Waals surface area (Å²) in [7, 11) is 1.87. The highest BCUT2D eigenvalue weighted by molar-refractivity contribution is 5.82. The van der Waals surface area contributed by atoms with E-state index in [2.05, 4.69) is 10.4 Å². The van der Waals surface area contributed by atoms with Gasteiger partial charge in [-0.3, -0.25) is 14.3 Å². The standard InChI is InChI=1S/C18H28N4O2/c1-21-12-14(11-19-21)8-9-17(23)20-15-10-18(24)22(13-15)16-6-4-2-3-5-7-16/h11-12,15-16H,2-10,13H2,1H3,(H,20,23). The predicted molar refractivity (Wildman–Crippen MR) is 91.3 cm³/mol. The summed E-state index contributed by atoms with van der Waals surface area (Å²) < 4.78 is 1.74. The van der Waals surface area contributed by atoms with Gasteiger partial charge in [0.2, 0.25) is 11.8 Å². The van der Waals surface area contributed by atoms with Crippen molar-refractivity contribution in [2.45, 2.75) is 69.9 Å². The number of nitrogens with zero attached hydrogens (tertiary/aromatic N) is 3. The lowest BCUT2D eigenvalue weighted by molar-refractivity contribution is -0.129. The minimum atomic E-state index is -0.0258. The van der Waals surface area contributed by atoms with Gasteiger partial charge in [0, 0.05) is 38.7 Å². The van der Waals surface area contributed by atoms with Crippen LogP contribution in [-0.4, -0.2) is 45.1 Å². The van der Waals surface area contributed by atoms with E-state index < -0.39 is 0 Å². The van der Waals surface area contributed by atoms with Crippen LogP contribution >= 0.6 is 0 Å². The highest BCUT2D eigenvalue weighted by atomic mass is 16.2. The molecule has 24 heavy (non-hydrogen) atoms. The Hall–Kier alpha value is -1.85. The summed E-state index contributed by atoms with van der Waals surface area (Å²) in [5, 5.41) is 7.15. The third-order valence-electron chi connectivity index (χ3n) is 5.19. The summed E-state index contributed by atoms with van der Waals surface area (Å²) in [6, 6.07) is 0.361. The van der Waals surface area contributed by atoms with E-state index in [1.165, 1.54) is 25.7 Å². The number of amides is 2. The Bertz CT molecular complexity index is 575. The molecule has 1 aliphatic heterocycles. The molecule has 3 rings (SSSR count). The van der Waals surface area contributed by atoms with Gasteiger partial charge in [0.15, 0.2) is 0 Å². The summed E-state index contributed by atoms with van der Waals surface area (Å²) in [6.07, 6.45) is 12.6. The van der Waals surface area contributed by atoms with Crippen molar-refractivity contribution in [3.05, 3.63) is 18.0 Å². The summed E-state index contributed by atoms with van der Waals surface area (Å²) in [5.41, 5.74) is 1.07. The van der Waals surface area contributed by atoms with Crippen molar-refractivity contribution >= 4 is 11.8 Å². The number of aryl methyl sites for hydroxylation is 2. The monoisotopic (exact) mass is 332 g/mol. The maximum Gasteiger partial charge on any atom is 0.225 e.